The summed E-state index contributed by atoms with van der Waals surface area (Å²) in [5.74, 6) is -0.00822. The van der Waals surface area contributed by atoms with Gasteiger partial charge in [0.15, 0.2) is 0 Å². The van der Waals surface area contributed by atoms with Crippen LogP contribution in [0, 0.1) is 6.92 Å². The molecule has 0 aromatic heterocycles. The first-order valence-corrected chi connectivity index (χ1v) is 8.18. The van der Waals surface area contributed by atoms with Crippen LogP contribution in [0.15, 0.2) is 18.2 Å². The molecule has 1 aromatic rings. The van der Waals surface area contributed by atoms with Crippen molar-refractivity contribution >= 4 is 17.3 Å². The van der Waals surface area contributed by atoms with Crippen LogP contribution in [0.5, 0.6) is 0 Å². The predicted octanol–water partition coefficient (Wildman–Crippen LogP) is 1.60. The van der Waals surface area contributed by atoms with Gasteiger partial charge in [-0.25, -0.2) is 0 Å². The number of anilines is 2. The quantitative estimate of drug-likeness (QED) is 0.887. The van der Waals surface area contributed by atoms with Gasteiger partial charge in [-0.2, -0.15) is 0 Å². The second-order valence-electron chi connectivity index (χ2n) is 6.42. The first-order chi connectivity index (χ1) is 10.6. The molecule has 0 radical (unpaired) electrons. The highest BCUT2D eigenvalue weighted by Crippen LogP contribution is 2.25. The van der Waals surface area contributed by atoms with Gasteiger partial charge in [0.25, 0.3) is 0 Å². The van der Waals surface area contributed by atoms with Gasteiger partial charge in [-0.1, -0.05) is 0 Å². The molecule has 22 heavy (non-hydrogen) atoms. The van der Waals surface area contributed by atoms with Crippen molar-refractivity contribution in [1.29, 1.82) is 0 Å². The lowest BCUT2D eigenvalue weighted by Crippen LogP contribution is -2.32. The highest BCUT2D eigenvalue weighted by molar-refractivity contribution is 5.93. The number of likely N-dealkylation sites (tertiary alicyclic amines) is 1. The summed E-state index contributed by atoms with van der Waals surface area (Å²) in [5.41, 5.74) is 3.22. The minimum atomic E-state index is -0.283. The van der Waals surface area contributed by atoms with Gasteiger partial charge in [-0.3, -0.25) is 9.69 Å². The third kappa shape index (κ3) is 3.59. The second kappa shape index (κ2) is 6.67. The first kappa shape index (κ1) is 15.3. The Hall–Kier alpha value is -1.59. The summed E-state index contributed by atoms with van der Waals surface area (Å²) in [6.07, 6.45) is 3.00. The summed E-state index contributed by atoms with van der Waals surface area (Å²) in [7, 11) is 0. The molecule has 5 nitrogen and oxygen atoms in total. The van der Waals surface area contributed by atoms with Crippen LogP contribution in [0.2, 0.25) is 0 Å². The topological polar surface area (TPSA) is 55.8 Å². The number of aliphatic hydroxyl groups excluding tert-OH is 1. The van der Waals surface area contributed by atoms with Crippen molar-refractivity contribution in [3.8, 4) is 0 Å². The number of benzene rings is 1. The molecule has 0 unspecified atom stereocenters. The van der Waals surface area contributed by atoms with Crippen LogP contribution in [0.25, 0.3) is 0 Å². The van der Waals surface area contributed by atoms with E-state index >= 15 is 0 Å². The molecular weight excluding hydrogens is 278 g/mol. The third-order valence-corrected chi connectivity index (χ3v) is 4.57. The number of carbonyl (C=O) groups is 1. The number of aliphatic hydroxyl groups is 1. The van der Waals surface area contributed by atoms with Crippen molar-refractivity contribution in [2.75, 3.05) is 42.9 Å². The van der Waals surface area contributed by atoms with Gasteiger partial charge in [-0.15, -0.1) is 0 Å². The fourth-order valence-corrected chi connectivity index (χ4v) is 3.31. The van der Waals surface area contributed by atoms with Crippen molar-refractivity contribution in [3.05, 3.63) is 23.8 Å². The zero-order valence-corrected chi connectivity index (χ0v) is 13.2. The summed E-state index contributed by atoms with van der Waals surface area (Å²) in [4.78, 5) is 16.5. The van der Waals surface area contributed by atoms with E-state index in [2.05, 4.69) is 22.3 Å². The van der Waals surface area contributed by atoms with Gasteiger partial charge in [0.2, 0.25) is 5.91 Å². The Labute approximate surface area is 131 Å². The SMILES string of the molecule is Cc1cc(N2CCCC2)ccc1NC(=O)CN1CC[C@@H](O)C1. The molecule has 2 aliphatic heterocycles. The van der Waals surface area contributed by atoms with Crippen LogP contribution in [0.4, 0.5) is 11.4 Å². The lowest BCUT2D eigenvalue weighted by atomic mass is 10.1. The molecule has 2 fully saturated rings. The van der Waals surface area contributed by atoms with Crippen LogP contribution in [-0.4, -0.2) is 54.7 Å². The summed E-state index contributed by atoms with van der Waals surface area (Å²) in [6.45, 7) is 6.03. The van der Waals surface area contributed by atoms with Gasteiger partial charge in [0.1, 0.15) is 0 Å². The second-order valence-corrected chi connectivity index (χ2v) is 6.42. The van der Waals surface area contributed by atoms with Crippen molar-refractivity contribution in [2.24, 2.45) is 0 Å². The number of rotatable bonds is 4. The maximum absolute atomic E-state index is 12.1. The molecular formula is C17H25N3O2. The zero-order chi connectivity index (χ0) is 15.5. The molecule has 0 aliphatic carbocycles. The largest absolute Gasteiger partial charge is 0.392 e. The van der Waals surface area contributed by atoms with Crippen molar-refractivity contribution in [3.63, 3.8) is 0 Å². The Balaban J connectivity index is 1.58. The van der Waals surface area contributed by atoms with Gasteiger partial charge in [0.05, 0.1) is 12.6 Å². The van der Waals surface area contributed by atoms with E-state index in [9.17, 15) is 9.90 Å². The molecule has 2 N–H and O–H groups in total. The molecule has 1 atom stereocenters. The van der Waals surface area contributed by atoms with E-state index in [0.29, 0.717) is 13.1 Å². The number of nitrogens with one attached hydrogen (secondary N) is 1. The molecule has 1 aromatic carbocycles. The number of hydrogen-bond acceptors (Lipinski definition) is 4. The highest BCUT2D eigenvalue weighted by atomic mass is 16.3. The summed E-state index contributed by atoms with van der Waals surface area (Å²) in [5, 5.41) is 12.5. The van der Waals surface area contributed by atoms with Gasteiger partial charge < -0.3 is 15.3 Å². The molecule has 0 bridgehead atoms. The molecule has 0 spiro atoms. The van der Waals surface area contributed by atoms with Crippen LogP contribution in [0.3, 0.4) is 0 Å². The van der Waals surface area contributed by atoms with Crippen LogP contribution < -0.4 is 10.2 Å². The Morgan fingerprint density at radius 2 is 2.09 bits per heavy atom. The zero-order valence-electron chi connectivity index (χ0n) is 13.2. The molecule has 2 heterocycles. The van der Waals surface area contributed by atoms with E-state index in [1.165, 1.54) is 18.5 Å². The van der Waals surface area contributed by atoms with E-state index in [0.717, 1.165) is 37.3 Å². The van der Waals surface area contributed by atoms with Gasteiger partial charge >= 0.3 is 0 Å². The lowest BCUT2D eigenvalue weighted by molar-refractivity contribution is -0.117. The van der Waals surface area contributed by atoms with E-state index in [-0.39, 0.29) is 12.0 Å². The summed E-state index contributed by atoms with van der Waals surface area (Å²) >= 11 is 0. The Kier molecular flexibility index (Phi) is 4.64. The minimum absolute atomic E-state index is 0.00822. The van der Waals surface area contributed by atoms with Crippen molar-refractivity contribution < 1.29 is 9.90 Å². The number of carbonyl (C=O) groups excluding carboxylic acids is 1. The maximum atomic E-state index is 12.1. The van der Waals surface area contributed by atoms with Gasteiger partial charge in [-0.05, 0) is 49.9 Å². The molecule has 2 aliphatic rings. The number of aryl methyl sites for hydroxylation is 1. The predicted molar refractivity (Wildman–Crippen MR) is 88.3 cm³/mol. The van der Waals surface area contributed by atoms with E-state index in [4.69, 9.17) is 0 Å². The highest BCUT2D eigenvalue weighted by Gasteiger charge is 2.22. The minimum Gasteiger partial charge on any atom is -0.392 e. The monoisotopic (exact) mass is 303 g/mol. The van der Waals surface area contributed by atoms with Gasteiger partial charge in [0, 0.05) is 37.6 Å². The standard InChI is InChI=1S/C17H25N3O2/c1-13-10-14(20-7-2-3-8-20)4-5-16(13)18-17(22)12-19-9-6-15(21)11-19/h4-5,10,15,21H,2-3,6-9,11-12H2,1H3,(H,18,22)/t15-/m1/s1. The maximum Gasteiger partial charge on any atom is 0.238 e. The number of amides is 1. The summed E-state index contributed by atoms with van der Waals surface area (Å²) < 4.78 is 0. The number of nitrogens with zero attached hydrogens (tertiary/aromatic N) is 2. The molecule has 0 saturated carbocycles. The Morgan fingerprint density at radius 3 is 2.73 bits per heavy atom. The lowest BCUT2D eigenvalue weighted by Gasteiger charge is -2.20. The Morgan fingerprint density at radius 1 is 1.32 bits per heavy atom. The molecule has 120 valence electrons. The fourth-order valence-electron chi connectivity index (χ4n) is 3.31. The average Bonchev–Trinajstić information content (AvgIpc) is 3.13. The van der Waals surface area contributed by atoms with Crippen LogP contribution >= 0.6 is 0 Å². The molecule has 1 amide bonds. The molecule has 3 rings (SSSR count). The Bertz CT molecular complexity index is 541. The molecule has 2 saturated heterocycles. The molecule has 5 heteroatoms. The number of hydrogen-bond donors (Lipinski definition) is 2. The van der Waals surface area contributed by atoms with Crippen LogP contribution in [-0.2, 0) is 4.79 Å². The van der Waals surface area contributed by atoms with E-state index in [1.54, 1.807) is 0 Å². The third-order valence-electron chi connectivity index (χ3n) is 4.57. The van der Waals surface area contributed by atoms with Crippen LogP contribution in [0.1, 0.15) is 24.8 Å². The van der Waals surface area contributed by atoms with E-state index in [1.807, 2.05) is 17.9 Å². The fraction of sp³-hybridized carbons (Fsp3) is 0.588. The summed E-state index contributed by atoms with van der Waals surface area (Å²) in [6, 6.07) is 6.24. The average molecular weight is 303 g/mol. The van der Waals surface area contributed by atoms with Crippen molar-refractivity contribution in [2.45, 2.75) is 32.3 Å². The normalized spacial score (nSPS) is 22.3. The van der Waals surface area contributed by atoms with Crippen molar-refractivity contribution in [1.82, 2.24) is 4.90 Å². The first-order valence-electron chi connectivity index (χ1n) is 8.18. The smallest absolute Gasteiger partial charge is 0.238 e. The van der Waals surface area contributed by atoms with E-state index < -0.39 is 0 Å². The number of β-amino-alcohol motifs (C(OH)–C–C–N with tert-alkyl or cyclic N) is 1.